The summed E-state index contributed by atoms with van der Waals surface area (Å²) in [4.78, 5) is 35.7. The van der Waals surface area contributed by atoms with E-state index in [0.717, 1.165) is 0 Å². The number of hydrogen-bond acceptors (Lipinski definition) is 6. The van der Waals surface area contributed by atoms with Crippen molar-refractivity contribution in [2.75, 3.05) is 7.11 Å². The normalized spacial score (nSPS) is 17.1. The van der Waals surface area contributed by atoms with Gasteiger partial charge in [0.05, 0.1) is 12.7 Å². The lowest BCUT2D eigenvalue weighted by atomic mass is 9.80. The smallest absolute Gasteiger partial charge is 0.336 e. The lowest BCUT2D eigenvalue weighted by molar-refractivity contribution is -0.136. The number of dihydropyridines is 1. The zero-order valence-corrected chi connectivity index (χ0v) is 15.1. The molecule has 1 N–H and O–H groups in total. The van der Waals surface area contributed by atoms with Gasteiger partial charge in [-0.15, -0.1) is 0 Å². The number of hydrogen-bond donors (Lipinski definition) is 1. The zero-order chi connectivity index (χ0) is 18.7. The number of ketones is 1. The fourth-order valence-electron chi connectivity index (χ4n) is 2.78. The van der Waals surface area contributed by atoms with E-state index in [-0.39, 0.29) is 22.1 Å². The van der Waals surface area contributed by atoms with Crippen LogP contribution in [0.15, 0.2) is 46.3 Å². The van der Waals surface area contributed by atoms with E-state index >= 15 is 0 Å². The van der Waals surface area contributed by atoms with Gasteiger partial charge in [0, 0.05) is 24.1 Å². The lowest BCUT2D eigenvalue weighted by Crippen LogP contribution is -2.30. The molecule has 132 valence electrons. The molecule has 0 fully saturated rings. The first-order valence-corrected chi connectivity index (χ1v) is 7.89. The molecular weight excluding hydrogens is 346 g/mol. The van der Waals surface area contributed by atoms with Crippen LogP contribution in [0.1, 0.15) is 32.3 Å². The van der Waals surface area contributed by atoms with Gasteiger partial charge in [0.25, 0.3) is 0 Å². The first kappa shape index (κ1) is 18.7. The predicted octanol–water partition coefficient (Wildman–Crippen LogP) is 2.79. The molecule has 0 aromatic heterocycles. The molecular formula is C18H18ClNO5. The number of halogens is 1. The van der Waals surface area contributed by atoms with E-state index in [1.54, 1.807) is 31.2 Å². The van der Waals surface area contributed by atoms with Crippen molar-refractivity contribution in [1.29, 1.82) is 0 Å². The van der Waals surface area contributed by atoms with Crippen LogP contribution in [0.4, 0.5) is 0 Å². The van der Waals surface area contributed by atoms with Crippen molar-refractivity contribution in [3.05, 3.63) is 51.8 Å². The average Bonchev–Trinajstić information content (AvgIpc) is 2.52. The number of allylic oxidation sites excluding steroid dienone is 2. The highest BCUT2D eigenvalue weighted by atomic mass is 35.5. The zero-order valence-electron chi connectivity index (χ0n) is 14.3. The Labute approximate surface area is 150 Å². The van der Waals surface area contributed by atoms with Gasteiger partial charge < -0.3 is 14.8 Å². The molecule has 25 heavy (non-hydrogen) atoms. The molecule has 1 aromatic carbocycles. The van der Waals surface area contributed by atoms with E-state index < -0.39 is 17.9 Å². The summed E-state index contributed by atoms with van der Waals surface area (Å²) in [6.07, 6.45) is 0. The number of carbonyl (C=O) groups is 3. The van der Waals surface area contributed by atoms with E-state index in [1.807, 2.05) is 0 Å². The van der Waals surface area contributed by atoms with Gasteiger partial charge >= 0.3 is 11.9 Å². The first-order chi connectivity index (χ1) is 11.8. The molecule has 0 radical (unpaired) electrons. The lowest BCUT2D eigenvalue weighted by Gasteiger charge is -2.29. The van der Waals surface area contributed by atoms with Crippen LogP contribution in [0, 0.1) is 0 Å². The Morgan fingerprint density at radius 2 is 1.84 bits per heavy atom. The minimum atomic E-state index is -0.728. The van der Waals surface area contributed by atoms with Crippen molar-refractivity contribution >= 4 is 29.3 Å². The molecule has 0 bridgehead atoms. The molecule has 0 spiro atoms. The monoisotopic (exact) mass is 363 g/mol. The van der Waals surface area contributed by atoms with Crippen molar-refractivity contribution in [3.63, 3.8) is 0 Å². The number of carbonyl (C=O) groups excluding carboxylic acids is 3. The van der Waals surface area contributed by atoms with Crippen LogP contribution >= 0.6 is 11.6 Å². The van der Waals surface area contributed by atoms with Crippen LogP contribution in [0.2, 0.25) is 0 Å². The van der Waals surface area contributed by atoms with Gasteiger partial charge in [-0.05, 0) is 31.5 Å². The molecule has 7 heteroatoms. The van der Waals surface area contributed by atoms with Crippen LogP contribution in [0.3, 0.4) is 0 Å². The molecule has 1 aromatic rings. The van der Waals surface area contributed by atoms with E-state index in [0.29, 0.717) is 17.0 Å². The summed E-state index contributed by atoms with van der Waals surface area (Å²) in [5, 5.41) is 2.99. The summed E-state index contributed by atoms with van der Waals surface area (Å²) >= 11 is 6.23. The number of esters is 2. The van der Waals surface area contributed by atoms with Crippen LogP contribution < -0.4 is 10.1 Å². The number of rotatable bonds is 4. The van der Waals surface area contributed by atoms with Gasteiger partial charge in [-0.2, -0.15) is 0 Å². The van der Waals surface area contributed by atoms with Crippen LogP contribution in [-0.4, -0.2) is 24.8 Å². The summed E-state index contributed by atoms with van der Waals surface area (Å²) in [5.41, 5.74) is 1.60. The maximum Gasteiger partial charge on any atom is 0.336 e. The third-order valence-corrected chi connectivity index (χ3v) is 4.05. The Hall–Kier alpha value is -2.60. The molecule has 0 unspecified atom stereocenters. The van der Waals surface area contributed by atoms with Gasteiger partial charge in [-0.3, -0.25) is 9.59 Å². The van der Waals surface area contributed by atoms with Crippen molar-refractivity contribution in [2.45, 2.75) is 26.7 Å². The summed E-state index contributed by atoms with van der Waals surface area (Å²) in [5.74, 6) is -1.74. The first-order valence-electron chi connectivity index (χ1n) is 7.51. The van der Waals surface area contributed by atoms with E-state index in [4.69, 9.17) is 21.1 Å². The Morgan fingerprint density at radius 3 is 2.40 bits per heavy atom. The standard InChI is InChI=1S/C18H18ClNO5/c1-9-14(18(23)24-4)16(15(10(2)21)17(19)20-9)12-6-5-7-13(8-12)25-11(3)22/h5-8,16,20H,1-4H3/t16-/m0/s1. The molecule has 1 aliphatic heterocycles. The van der Waals surface area contributed by atoms with Crippen LogP contribution in [0.25, 0.3) is 0 Å². The Balaban J connectivity index is 2.65. The van der Waals surface area contributed by atoms with Gasteiger partial charge in [0.2, 0.25) is 0 Å². The molecule has 0 aliphatic carbocycles. The molecule has 1 aliphatic rings. The number of ether oxygens (including phenoxy) is 2. The topological polar surface area (TPSA) is 81.7 Å². The minimum absolute atomic E-state index is 0.153. The van der Waals surface area contributed by atoms with Crippen molar-refractivity contribution in [2.24, 2.45) is 0 Å². The van der Waals surface area contributed by atoms with Gasteiger partial charge in [-0.25, -0.2) is 4.79 Å². The highest BCUT2D eigenvalue weighted by molar-refractivity contribution is 6.32. The maximum absolute atomic E-state index is 12.3. The van der Waals surface area contributed by atoms with Crippen molar-refractivity contribution in [1.82, 2.24) is 5.32 Å². The van der Waals surface area contributed by atoms with Gasteiger partial charge in [0.1, 0.15) is 10.9 Å². The molecule has 6 nitrogen and oxygen atoms in total. The second-order valence-corrected chi connectivity index (χ2v) is 5.92. The quantitative estimate of drug-likeness (QED) is 0.503. The molecule has 2 rings (SSSR count). The summed E-state index contributed by atoms with van der Waals surface area (Å²) in [7, 11) is 1.27. The maximum atomic E-state index is 12.3. The third-order valence-electron chi connectivity index (χ3n) is 3.75. The SMILES string of the molecule is COC(=O)C1=C(C)NC(Cl)=C(C(C)=O)[C@H]1c1cccc(OC(C)=O)c1. The Morgan fingerprint density at radius 1 is 1.16 bits per heavy atom. The number of methoxy groups -OCH3 is 1. The number of Topliss-reactive ketones (excluding diaryl/α,β-unsaturated/α-hetero) is 1. The fourth-order valence-corrected chi connectivity index (χ4v) is 3.17. The minimum Gasteiger partial charge on any atom is -0.466 e. The third kappa shape index (κ3) is 3.91. The van der Waals surface area contributed by atoms with E-state index in [2.05, 4.69) is 5.32 Å². The molecule has 1 atom stereocenters. The second kappa shape index (κ2) is 7.53. The van der Waals surface area contributed by atoms with Gasteiger partial charge in [0.15, 0.2) is 5.78 Å². The van der Waals surface area contributed by atoms with E-state index in [9.17, 15) is 14.4 Å². The Kier molecular flexibility index (Phi) is 5.64. The average molecular weight is 364 g/mol. The highest BCUT2D eigenvalue weighted by Gasteiger charge is 2.36. The molecule has 0 amide bonds. The second-order valence-electron chi connectivity index (χ2n) is 5.54. The van der Waals surface area contributed by atoms with E-state index in [1.165, 1.54) is 21.0 Å². The van der Waals surface area contributed by atoms with Gasteiger partial charge in [-0.1, -0.05) is 23.7 Å². The van der Waals surface area contributed by atoms with Crippen molar-refractivity contribution in [3.8, 4) is 5.75 Å². The summed E-state index contributed by atoms with van der Waals surface area (Å²) < 4.78 is 9.97. The molecule has 1 heterocycles. The number of benzene rings is 1. The van der Waals surface area contributed by atoms with Crippen LogP contribution in [0.5, 0.6) is 5.75 Å². The summed E-state index contributed by atoms with van der Waals surface area (Å²) in [6.45, 7) is 4.34. The van der Waals surface area contributed by atoms with Crippen LogP contribution in [-0.2, 0) is 19.1 Å². The summed E-state index contributed by atoms with van der Waals surface area (Å²) in [6, 6.07) is 6.61. The molecule has 0 saturated carbocycles. The predicted molar refractivity (Wildman–Crippen MR) is 91.9 cm³/mol. The largest absolute Gasteiger partial charge is 0.466 e. The highest BCUT2D eigenvalue weighted by Crippen LogP contribution is 2.40. The Bertz CT molecular complexity index is 809. The number of nitrogens with one attached hydrogen (secondary N) is 1. The molecule has 0 saturated heterocycles. The fraction of sp³-hybridized carbons (Fsp3) is 0.278. The van der Waals surface area contributed by atoms with Crippen molar-refractivity contribution < 1.29 is 23.9 Å².